The average Bonchev–Trinajstić information content (AvgIpc) is 3.26. The Labute approximate surface area is 190 Å². The number of halogens is 3. The maximum absolute atomic E-state index is 13.2. The summed E-state index contributed by atoms with van der Waals surface area (Å²) in [5.74, 6) is -0.0545. The third-order valence-corrected chi connectivity index (χ3v) is 6.66. The molecule has 1 atom stereocenters. The smallest absolute Gasteiger partial charge is 0.366 e. The second kappa shape index (κ2) is 9.41. The van der Waals surface area contributed by atoms with E-state index in [4.69, 9.17) is 0 Å². The molecule has 0 bridgehead atoms. The Bertz CT molecular complexity index is 1010. The number of carbonyl (C=O) groups excluding carboxylic acids is 1. The van der Waals surface area contributed by atoms with E-state index in [1.165, 1.54) is 11.6 Å². The number of anilines is 1. The molecule has 4 rings (SSSR count). The Morgan fingerprint density at radius 3 is 2.36 bits per heavy atom. The highest BCUT2D eigenvalue weighted by atomic mass is 19.4. The molecule has 2 heterocycles. The fourth-order valence-corrected chi connectivity index (χ4v) is 4.94. The van der Waals surface area contributed by atoms with E-state index in [9.17, 15) is 28.1 Å². The van der Waals surface area contributed by atoms with Gasteiger partial charge in [0.2, 0.25) is 5.91 Å². The fourth-order valence-electron chi connectivity index (χ4n) is 4.94. The Morgan fingerprint density at radius 2 is 1.73 bits per heavy atom. The van der Waals surface area contributed by atoms with Gasteiger partial charge in [-0.05, 0) is 49.8 Å². The molecule has 0 aliphatic carbocycles. The molecule has 2 aromatic carbocycles. The summed E-state index contributed by atoms with van der Waals surface area (Å²) in [6, 6.07) is 12.9. The van der Waals surface area contributed by atoms with E-state index in [0.717, 1.165) is 31.9 Å². The minimum absolute atomic E-state index is 0.120. The van der Waals surface area contributed by atoms with Gasteiger partial charge in [0.1, 0.15) is 5.69 Å². The molecule has 2 aromatic rings. The van der Waals surface area contributed by atoms with E-state index >= 15 is 0 Å². The van der Waals surface area contributed by atoms with Gasteiger partial charge in [0.25, 0.3) is 5.69 Å². The second-order valence-electron chi connectivity index (χ2n) is 8.74. The molecule has 176 valence electrons. The number of piperidine rings is 1. The largest absolute Gasteiger partial charge is 0.416 e. The highest BCUT2D eigenvalue weighted by Crippen LogP contribution is 2.38. The molecule has 9 heteroatoms. The average molecular weight is 461 g/mol. The molecule has 0 spiro atoms. The fraction of sp³-hybridized carbons (Fsp3) is 0.458. The first-order chi connectivity index (χ1) is 15.7. The van der Waals surface area contributed by atoms with Gasteiger partial charge < -0.3 is 9.80 Å². The van der Waals surface area contributed by atoms with Crippen LogP contribution in [-0.2, 0) is 17.4 Å². The lowest BCUT2D eigenvalue weighted by Gasteiger charge is -2.36. The standard InChI is InChI=1S/C24H26F3N3O3/c25-24(26,27)19-8-9-21(22(16-19)30(32)33)28-13-10-18(11-14-28)23(31)29-12-4-7-20(29)15-17-5-2-1-3-6-17/h1-3,5-6,8-9,16,18,20H,4,7,10-15H2. The first-order valence-electron chi connectivity index (χ1n) is 11.2. The Hall–Kier alpha value is -3.10. The second-order valence-corrected chi connectivity index (χ2v) is 8.74. The van der Waals surface area contributed by atoms with E-state index < -0.39 is 22.4 Å². The third-order valence-electron chi connectivity index (χ3n) is 6.66. The number of nitro groups is 1. The highest BCUT2D eigenvalue weighted by molar-refractivity contribution is 5.80. The van der Waals surface area contributed by atoms with E-state index in [1.54, 1.807) is 4.90 Å². The third kappa shape index (κ3) is 5.12. The number of likely N-dealkylation sites (tertiary alicyclic amines) is 1. The minimum atomic E-state index is -4.64. The molecule has 2 aliphatic rings. The lowest BCUT2D eigenvalue weighted by Crippen LogP contribution is -2.45. The number of hydrogen-bond donors (Lipinski definition) is 0. The Kier molecular flexibility index (Phi) is 6.58. The summed E-state index contributed by atoms with van der Waals surface area (Å²) < 4.78 is 39.0. The molecule has 1 amide bonds. The summed E-state index contributed by atoms with van der Waals surface area (Å²) in [5, 5.41) is 11.4. The number of nitro benzene ring substituents is 1. The lowest BCUT2D eigenvalue weighted by atomic mass is 9.93. The molecule has 0 saturated carbocycles. The van der Waals surface area contributed by atoms with Gasteiger partial charge in [-0.15, -0.1) is 0 Å². The van der Waals surface area contributed by atoms with Gasteiger partial charge in [0, 0.05) is 37.7 Å². The number of alkyl halides is 3. The van der Waals surface area contributed by atoms with Crippen LogP contribution in [0.15, 0.2) is 48.5 Å². The van der Waals surface area contributed by atoms with Crippen molar-refractivity contribution in [1.29, 1.82) is 0 Å². The molecule has 0 aromatic heterocycles. The lowest BCUT2D eigenvalue weighted by molar-refractivity contribution is -0.384. The van der Waals surface area contributed by atoms with Crippen LogP contribution in [0.4, 0.5) is 24.5 Å². The topological polar surface area (TPSA) is 66.7 Å². The monoisotopic (exact) mass is 461 g/mol. The zero-order chi connectivity index (χ0) is 23.6. The van der Waals surface area contributed by atoms with E-state index in [2.05, 4.69) is 12.1 Å². The summed E-state index contributed by atoms with van der Waals surface area (Å²) in [6.45, 7) is 1.51. The van der Waals surface area contributed by atoms with Crippen LogP contribution in [0.3, 0.4) is 0 Å². The number of hydrogen-bond acceptors (Lipinski definition) is 4. The molecule has 33 heavy (non-hydrogen) atoms. The summed E-state index contributed by atoms with van der Waals surface area (Å²) in [5.41, 5.74) is -0.229. The van der Waals surface area contributed by atoms with Crippen LogP contribution in [0.25, 0.3) is 0 Å². The Morgan fingerprint density at radius 1 is 1.03 bits per heavy atom. The normalized spacial score (nSPS) is 19.7. The van der Waals surface area contributed by atoms with Crippen LogP contribution in [-0.4, -0.2) is 41.4 Å². The first-order valence-corrected chi connectivity index (χ1v) is 11.2. The maximum Gasteiger partial charge on any atom is 0.416 e. The van der Waals surface area contributed by atoms with Crippen molar-refractivity contribution in [2.75, 3.05) is 24.5 Å². The Balaban J connectivity index is 1.41. The molecular weight excluding hydrogens is 435 g/mol. The molecule has 6 nitrogen and oxygen atoms in total. The number of carbonyl (C=O) groups is 1. The van der Waals surface area contributed by atoms with Crippen molar-refractivity contribution in [2.45, 2.75) is 44.3 Å². The number of benzene rings is 2. The van der Waals surface area contributed by atoms with Crippen molar-refractivity contribution in [3.05, 3.63) is 69.8 Å². The SMILES string of the molecule is O=C(C1CCN(c2ccc(C(F)(F)F)cc2[N+](=O)[O-])CC1)N1CCCC1Cc1ccccc1. The van der Waals surface area contributed by atoms with Gasteiger partial charge in [0.15, 0.2) is 0 Å². The van der Waals surface area contributed by atoms with Gasteiger partial charge in [-0.25, -0.2) is 0 Å². The number of rotatable bonds is 5. The van der Waals surface area contributed by atoms with Crippen LogP contribution < -0.4 is 4.90 Å². The van der Waals surface area contributed by atoms with Gasteiger partial charge >= 0.3 is 6.18 Å². The quantitative estimate of drug-likeness (QED) is 0.461. The van der Waals surface area contributed by atoms with Crippen molar-refractivity contribution >= 4 is 17.3 Å². The van der Waals surface area contributed by atoms with E-state index in [-0.39, 0.29) is 23.6 Å². The summed E-state index contributed by atoms with van der Waals surface area (Å²) in [7, 11) is 0. The van der Waals surface area contributed by atoms with Gasteiger partial charge in [0.05, 0.1) is 10.5 Å². The summed E-state index contributed by atoms with van der Waals surface area (Å²) in [6.07, 6.45) is -0.841. The van der Waals surface area contributed by atoms with Crippen LogP contribution in [0.1, 0.15) is 36.8 Å². The molecule has 2 saturated heterocycles. The van der Waals surface area contributed by atoms with Crippen molar-refractivity contribution in [1.82, 2.24) is 4.90 Å². The van der Waals surface area contributed by atoms with Crippen molar-refractivity contribution < 1.29 is 22.9 Å². The van der Waals surface area contributed by atoms with Crippen LogP contribution in [0.2, 0.25) is 0 Å². The molecule has 0 radical (unpaired) electrons. The van der Waals surface area contributed by atoms with Gasteiger partial charge in [-0.3, -0.25) is 14.9 Å². The van der Waals surface area contributed by atoms with Gasteiger partial charge in [-0.2, -0.15) is 13.2 Å². The predicted octanol–water partition coefficient (Wildman–Crippen LogP) is 5.06. The van der Waals surface area contributed by atoms with Crippen LogP contribution >= 0.6 is 0 Å². The molecule has 2 fully saturated rings. The van der Waals surface area contributed by atoms with Crippen molar-refractivity contribution in [3.8, 4) is 0 Å². The van der Waals surface area contributed by atoms with E-state index in [0.29, 0.717) is 32.0 Å². The summed E-state index contributed by atoms with van der Waals surface area (Å²) >= 11 is 0. The molecular formula is C24H26F3N3O3. The highest BCUT2D eigenvalue weighted by Gasteiger charge is 2.37. The van der Waals surface area contributed by atoms with Crippen LogP contribution in [0.5, 0.6) is 0 Å². The summed E-state index contributed by atoms with van der Waals surface area (Å²) in [4.78, 5) is 27.6. The first kappa shape index (κ1) is 23.1. The minimum Gasteiger partial charge on any atom is -0.366 e. The van der Waals surface area contributed by atoms with Crippen LogP contribution in [0, 0.1) is 16.0 Å². The molecule has 2 aliphatic heterocycles. The molecule has 0 N–H and O–H groups in total. The van der Waals surface area contributed by atoms with E-state index in [1.807, 2.05) is 23.1 Å². The van der Waals surface area contributed by atoms with Crippen molar-refractivity contribution in [3.63, 3.8) is 0 Å². The number of amides is 1. The van der Waals surface area contributed by atoms with Gasteiger partial charge in [-0.1, -0.05) is 30.3 Å². The molecule has 1 unspecified atom stereocenters. The van der Waals surface area contributed by atoms with Crippen molar-refractivity contribution in [2.24, 2.45) is 5.92 Å². The zero-order valence-electron chi connectivity index (χ0n) is 18.1. The zero-order valence-corrected chi connectivity index (χ0v) is 18.1. The maximum atomic E-state index is 13.2. The number of nitrogens with zero attached hydrogens (tertiary/aromatic N) is 3. The predicted molar refractivity (Wildman–Crippen MR) is 118 cm³/mol.